The van der Waals surface area contributed by atoms with Crippen LogP contribution in [0.25, 0.3) is 0 Å². The number of rotatable bonds is 5. The lowest BCUT2D eigenvalue weighted by molar-refractivity contribution is 0.354. The molecule has 18 heavy (non-hydrogen) atoms. The van der Waals surface area contributed by atoms with Crippen LogP contribution < -0.4 is 10.7 Å². The van der Waals surface area contributed by atoms with Crippen LogP contribution in [-0.2, 0) is 4.65 Å². The first kappa shape index (κ1) is 12.7. The minimum Gasteiger partial charge on any atom is -0.413 e. The molecule has 0 atom stereocenters. The first-order valence-electron chi connectivity index (χ1n) is 6.15. The highest BCUT2D eigenvalue weighted by Crippen LogP contribution is 2.07. The molecule has 3 heteroatoms. The summed E-state index contributed by atoms with van der Waals surface area (Å²) in [7, 11) is -0.161. The van der Waals surface area contributed by atoms with Crippen LogP contribution in [0.15, 0.2) is 54.6 Å². The largest absolute Gasteiger partial charge is 0.449 e. The lowest BCUT2D eigenvalue weighted by Gasteiger charge is -2.17. The van der Waals surface area contributed by atoms with E-state index >= 15 is 0 Å². The molecule has 0 saturated heterocycles. The Morgan fingerprint density at radius 2 is 1.72 bits per heavy atom. The van der Waals surface area contributed by atoms with E-state index in [4.69, 9.17) is 4.65 Å². The van der Waals surface area contributed by atoms with Gasteiger partial charge in [-0.2, -0.15) is 0 Å². The van der Waals surface area contributed by atoms with Gasteiger partial charge in [0.25, 0.3) is 0 Å². The van der Waals surface area contributed by atoms with Gasteiger partial charge in [-0.3, -0.25) is 0 Å². The van der Waals surface area contributed by atoms with Gasteiger partial charge in [-0.1, -0.05) is 42.5 Å². The maximum Gasteiger partial charge on any atom is 0.449 e. The molecule has 0 fully saturated rings. The van der Waals surface area contributed by atoms with Crippen LogP contribution in [-0.4, -0.2) is 13.7 Å². The van der Waals surface area contributed by atoms with Gasteiger partial charge < -0.3 is 9.88 Å². The maximum atomic E-state index is 5.76. The Labute approximate surface area is 109 Å². The Balaban J connectivity index is 2.21. The molecule has 2 aromatic rings. The molecular weight excluding hydrogens is 221 g/mol. The van der Waals surface area contributed by atoms with Crippen LogP contribution in [0.5, 0.6) is 0 Å². The smallest absolute Gasteiger partial charge is 0.413 e. The Bertz CT molecular complexity index is 487. The zero-order chi connectivity index (χ0) is 12.8. The van der Waals surface area contributed by atoms with Crippen molar-refractivity contribution in [3.05, 3.63) is 67.1 Å². The average molecular weight is 238 g/mol. The molecule has 0 amide bonds. The van der Waals surface area contributed by atoms with Gasteiger partial charge in [0.05, 0.1) is 0 Å². The highest BCUT2D eigenvalue weighted by molar-refractivity contribution is 6.71. The third-order valence-electron chi connectivity index (χ3n) is 2.74. The van der Waals surface area contributed by atoms with E-state index in [9.17, 15) is 0 Å². The third kappa shape index (κ3) is 3.14. The molecule has 0 aliphatic rings. The second-order valence-corrected chi connectivity index (χ2v) is 4.04. The summed E-state index contributed by atoms with van der Waals surface area (Å²) in [6, 6.07) is 18.1. The summed E-state index contributed by atoms with van der Waals surface area (Å²) in [5.74, 6) is 0. The number of nitrogens with one attached hydrogen (secondary N) is 1. The second kappa shape index (κ2) is 6.27. The van der Waals surface area contributed by atoms with Gasteiger partial charge in [0.15, 0.2) is 0 Å². The standard InChI is InChI=1S/C15H17BNO/c1-3-18-16(15-12-8-7-9-13(15)2)17-14-10-5-4-6-11-14/h4-12,17H,2-3H2,1H3. The Morgan fingerprint density at radius 1 is 1.06 bits per heavy atom. The van der Waals surface area contributed by atoms with Crippen LogP contribution in [0.2, 0.25) is 0 Å². The lowest BCUT2D eigenvalue weighted by atomic mass is 9.71. The fourth-order valence-electron chi connectivity index (χ4n) is 1.85. The van der Waals surface area contributed by atoms with Gasteiger partial charge in [-0.25, -0.2) is 0 Å². The van der Waals surface area contributed by atoms with E-state index < -0.39 is 0 Å². The average Bonchev–Trinajstić information content (AvgIpc) is 2.40. The van der Waals surface area contributed by atoms with Crippen molar-refractivity contribution in [1.29, 1.82) is 0 Å². The molecule has 0 unspecified atom stereocenters. The van der Waals surface area contributed by atoms with Gasteiger partial charge in [-0.05, 0) is 37.0 Å². The van der Waals surface area contributed by atoms with E-state index in [0.717, 1.165) is 16.7 Å². The molecule has 0 spiro atoms. The van der Waals surface area contributed by atoms with Crippen LogP contribution in [0.4, 0.5) is 5.69 Å². The Hall–Kier alpha value is -1.74. The molecule has 1 radical (unpaired) electrons. The van der Waals surface area contributed by atoms with E-state index in [-0.39, 0.29) is 7.05 Å². The van der Waals surface area contributed by atoms with Gasteiger partial charge in [0.2, 0.25) is 0 Å². The summed E-state index contributed by atoms with van der Waals surface area (Å²) < 4.78 is 5.76. The molecule has 2 nitrogen and oxygen atoms in total. The first-order chi connectivity index (χ1) is 8.81. The summed E-state index contributed by atoms with van der Waals surface area (Å²) in [5, 5.41) is 3.37. The summed E-state index contributed by atoms with van der Waals surface area (Å²) in [6.07, 6.45) is 0. The number of para-hydroxylation sites is 1. The van der Waals surface area contributed by atoms with Crippen LogP contribution in [0, 0.1) is 6.92 Å². The normalized spacial score (nSPS) is 10.1. The first-order valence-corrected chi connectivity index (χ1v) is 6.15. The van der Waals surface area contributed by atoms with E-state index in [1.807, 2.05) is 61.5 Å². The molecule has 91 valence electrons. The Morgan fingerprint density at radius 3 is 2.39 bits per heavy atom. The van der Waals surface area contributed by atoms with E-state index in [1.54, 1.807) is 0 Å². The van der Waals surface area contributed by atoms with Crippen molar-refractivity contribution in [2.24, 2.45) is 0 Å². The maximum absolute atomic E-state index is 5.76. The molecule has 0 heterocycles. The van der Waals surface area contributed by atoms with Crippen molar-refractivity contribution in [3.63, 3.8) is 0 Å². The van der Waals surface area contributed by atoms with Crippen molar-refractivity contribution >= 4 is 18.2 Å². The number of hydrogen-bond acceptors (Lipinski definition) is 2. The predicted octanol–water partition coefficient (Wildman–Crippen LogP) is 2.71. The van der Waals surface area contributed by atoms with Gasteiger partial charge in [0.1, 0.15) is 0 Å². The topological polar surface area (TPSA) is 21.3 Å². The van der Waals surface area contributed by atoms with E-state index in [1.165, 1.54) is 0 Å². The Kier molecular flexibility index (Phi) is 4.43. The zero-order valence-corrected chi connectivity index (χ0v) is 10.6. The minimum atomic E-state index is -0.161. The third-order valence-corrected chi connectivity index (χ3v) is 2.74. The van der Waals surface area contributed by atoms with Crippen molar-refractivity contribution in [3.8, 4) is 0 Å². The monoisotopic (exact) mass is 238 g/mol. The van der Waals surface area contributed by atoms with E-state index in [0.29, 0.717) is 6.61 Å². The highest BCUT2D eigenvalue weighted by atomic mass is 16.4. The number of anilines is 1. The predicted molar refractivity (Wildman–Crippen MR) is 78.0 cm³/mol. The van der Waals surface area contributed by atoms with Crippen molar-refractivity contribution in [1.82, 2.24) is 0 Å². The molecule has 0 saturated carbocycles. The molecule has 0 aromatic heterocycles. The molecule has 0 bridgehead atoms. The molecule has 0 aliphatic heterocycles. The van der Waals surface area contributed by atoms with Crippen molar-refractivity contribution in [2.45, 2.75) is 6.92 Å². The summed E-state index contributed by atoms with van der Waals surface area (Å²) in [4.78, 5) is 0. The van der Waals surface area contributed by atoms with Crippen molar-refractivity contribution < 1.29 is 4.65 Å². The van der Waals surface area contributed by atoms with Crippen LogP contribution >= 0.6 is 0 Å². The number of hydrogen-bond donors (Lipinski definition) is 1. The van der Waals surface area contributed by atoms with Gasteiger partial charge in [-0.15, -0.1) is 0 Å². The fraction of sp³-hybridized carbons (Fsp3) is 0.133. The second-order valence-electron chi connectivity index (χ2n) is 4.04. The molecule has 1 N–H and O–H groups in total. The van der Waals surface area contributed by atoms with Gasteiger partial charge in [0, 0.05) is 12.3 Å². The summed E-state index contributed by atoms with van der Waals surface area (Å²) >= 11 is 0. The quantitative estimate of drug-likeness (QED) is 0.808. The fourth-order valence-corrected chi connectivity index (χ4v) is 1.85. The molecule has 2 aromatic carbocycles. The highest BCUT2D eigenvalue weighted by Gasteiger charge is 2.20. The molecule has 2 rings (SSSR count). The number of benzene rings is 2. The lowest BCUT2D eigenvalue weighted by Crippen LogP contribution is -2.43. The van der Waals surface area contributed by atoms with Crippen molar-refractivity contribution in [2.75, 3.05) is 11.8 Å². The molecule has 0 aliphatic carbocycles. The van der Waals surface area contributed by atoms with Gasteiger partial charge >= 0.3 is 7.05 Å². The SMILES string of the molecule is [CH2]c1ccccc1B(Nc1ccccc1)OCC. The van der Waals surface area contributed by atoms with E-state index in [2.05, 4.69) is 12.2 Å². The molecular formula is C15H17BNO. The van der Waals surface area contributed by atoms with Crippen LogP contribution in [0.1, 0.15) is 12.5 Å². The minimum absolute atomic E-state index is 0.161. The summed E-state index contributed by atoms with van der Waals surface area (Å²) in [6.45, 7) is 6.69. The van der Waals surface area contributed by atoms with Crippen LogP contribution in [0.3, 0.4) is 0 Å². The summed E-state index contributed by atoms with van der Waals surface area (Å²) in [5.41, 5.74) is 3.10. The zero-order valence-electron chi connectivity index (χ0n) is 10.6.